The van der Waals surface area contributed by atoms with Gasteiger partial charge in [-0.3, -0.25) is 4.98 Å². The second-order valence-corrected chi connectivity index (χ2v) is 5.87. The molecule has 1 aliphatic heterocycles. The molecule has 0 radical (unpaired) electrons. The second kappa shape index (κ2) is 5.79. The smallest absolute Gasteiger partial charge is 0.354 e. The number of hydrogen-bond acceptors (Lipinski definition) is 4. The molecule has 1 fully saturated rings. The minimum atomic E-state index is -4.51. The van der Waals surface area contributed by atoms with Gasteiger partial charge in [0.2, 0.25) is 0 Å². The first-order valence-electron chi connectivity index (χ1n) is 7.49. The summed E-state index contributed by atoms with van der Waals surface area (Å²) >= 11 is 0. The molecule has 0 aliphatic carbocycles. The van der Waals surface area contributed by atoms with E-state index in [4.69, 9.17) is 0 Å². The number of alkyl halides is 3. The van der Waals surface area contributed by atoms with E-state index in [1.165, 1.54) is 12.4 Å². The van der Waals surface area contributed by atoms with Gasteiger partial charge in [0.05, 0.1) is 0 Å². The first kappa shape index (κ1) is 15.7. The average Bonchev–Trinajstić information content (AvgIpc) is 2.86. The molecule has 2 aromatic rings. The van der Waals surface area contributed by atoms with Crippen LogP contribution >= 0.6 is 0 Å². The Hall–Kier alpha value is -2.18. The van der Waals surface area contributed by atoms with E-state index in [1.807, 2.05) is 11.8 Å². The van der Waals surface area contributed by atoms with Crippen LogP contribution in [0.25, 0.3) is 11.4 Å². The summed E-state index contributed by atoms with van der Waals surface area (Å²) in [5.74, 6) is 0.823. The minimum absolute atomic E-state index is 0.0731. The summed E-state index contributed by atoms with van der Waals surface area (Å²) in [6, 6.07) is 4.40. The van der Waals surface area contributed by atoms with Crippen molar-refractivity contribution >= 4 is 5.82 Å². The van der Waals surface area contributed by atoms with Crippen LogP contribution in [0.3, 0.4) is 0 Å². The fourth-order valence-corrected chi connectivity index (χ4v) is 2.77. The fourth-order valence-electron chi connectivity index (χ4n) is 2.77. The highest BCUT2D eigenvalue weighted by atomic mass is 19.4. The maximum Gasteiger partial charge on any atom is 0.433 e. The van der Waals surface area contributed by atoms with Crippen LogP contribution in [0, 0.1) is 5.92 Å². The molecular formula is C16H17F3N4. The lowest BCUT2D eigenvalue weighted by atomic mass is 10.1. The molecule has 2 aromatic heterocycles. The monoisotopic (exact) mass is 322 g/mol. The summed E-state index contributed by atoms with van der Waals surface area (Å²) in [6.07, 6.45) is -0.538. The number of aromatic nitrogens is 3. The van der Waals surface area contributed by atoms with E-state index in [-0.39, 0.29) is 11.9 Å². The summed E-state index contributed by atoms with van der Waals surface area (Å²) in [5.41, 5.74) is -0.395. The summed E-state index contributed by atoms with van der Waals surface area (Å²) in [7, 11) is 0. The zero-order valence-corrected chi connectivity index (χ0v) is 12.9. The van der Waals surface area contributed by atoms with Gasteiger partial charge in [-0.05, 0) is 31.4 Å². The molecule has 1 saturated heterocycles. The van der Waals surface area contributed by atoms with Crippen molar-refractivity contribution in [2.24, 2.45) is 5.92 Å². The highest BCUT2D eigenvalue weighted by Crippen LogP contribution is 2.34. The van der Waals surface area contributed by atoms with Crippen molar-refractivity contribution in [1.29, 1.82) is 0 Å². The van der Waals surface area contributed by atoms with Gasteiger partial charge in [-0.15, -0.1) is 0 Å². The van der Waals surface area contributed by atoms with Crippen LogP contribution in [-0.2, 0) is 6.18 Å². The van der Waals surface area contributed by atoms with E-state index < -0.39 is 11.9 Å². The van der Waals surface area contributed by atoms with Gasteiger partial charge in [-0.2, -0.15) is 13.2 Å². The van der Waals surface area contributed by atoms with Crippen molar-refractivity contribution in [2.75, 3.05) is 11.4 Å². The number of halogens is 3. The van der Waals surface area contributed by atoms with E-state index in [0.29, 0.717) is 23.8 Å². The largest absolute Gasteiger partial charge is 0.433 e. The summed E-state index contributed by atoms with van der Waals surface area (Å²) in [6.45, 7) is 4.81. The van der Waals surface area contributed by atoms with Gasteiger partial charge in [0, 0.05) is 36.6 Å². The lowest BCUT2D eigenvalue weighted by Gasteiger charge is -2.25. The van der Waals surface area contributed by atoms with Crippen LogP contribution in [0.15, 0.2) is 30.6 Å². The van der Waals surface area contributed by atoms with Crippen molar-refractivity contribution in [3.8, 4) is 11.4 Å². The molecule has 2 atom stereocenters. The molecule has 2 unspecified atom stereocenters. The van der Waals surface area contributed by atoms with Crippen molar-refractivity contribution in [1.82, 2.24) is 15.0 Å². The number of rotatable bonds is 2. The first-order chi connectivity index (χ1) is 10.9. The third-order valence-corrected chi connectivity index (χ3v) is 4.38. The van der Waals surface area contributed by atoms with E-state index in [1.54, 1.807) is 12.1 Å². The summed E-state index contributed by atoms with van der Waals surface area (Å²) in [4.78, 5) is 13.9. The van der Waals surface area contributed by atoms with Crippen molar-refractivity contribution in [2.45, 2.75) is 32.5 Å². The zero-order chi connectivity index (χ0) is 16.6. The minimum Gasteiger partial charge on any atom is -0.354 e. The number of anilines is 1. The average molecular weight is 322 g/mol. The Balaban J connectivity index is 2.09. The van der Waals surface area contributed by atoms with Gasteiger partial charge in [0.25, 0.3) is 0 Å². The van der Waals surface area contributed by atoms with Gasteiger partial charge in [-0.1, -0.05) is 6.92 Å². The molecule has 4 nitrogen and oxygen atoms in total. The van der Waals surface area contributed by atoms with E-state index >= 15 is 0 Å². The third kappa shape index (κ3) is 3.13. The Labute approximate surface area is 132 Å². The van der Waals surface area contributed by atoms with Crippen LogP contribution in [-0.4, -0.2) is 27.5 Å². The molecule has 0 saturated carbocycles. The molecule has 0 amide bonds. The van der Waals surface area contributed by atoms with E-state index in [9.17, 15) is 13.2 Å². The van der Waals surface area contributed by atoms with Crippen molar-refractivity contribution in [3.63, 3.8) is 0 Å². The van der Waals surface area contributed by atoms with Crippen LogP contribution in [0.5, 0.6) is 0 Å². The number of hydrogen-bond donors (Lipinski definition) is 0. The normalized spacial score (nSPS) is 21.7. The Bertz CT molecular complexity index is 687. The third-order valence-electron chi connectivity index (χ3n) is 4.38. The van der Waals surface area contributed by atoms with Crippen LogP contribution < -0.4 is 4.90 Å². The van der Waals surface area contributed by atoms with Gasteiger partial charge >= 0.3 is 6.18 Å². The Kier molecular flexibility index (Phi) is 3.95. The molecule has 0 bridgehead atoms. The topological polar surface area (TPSA) is 41.9 Å². The van der Waals surface area contributed by atoms with Gasteiger partial charge in [-0.25, -0.2) is 9.97 Å². The maximum absolute atomic E-state index is 13.2. The van der Waals surface area contributed by atoms with Crippen LogP contribution in [0.1, 0.15) is 26.0 Å². The quantitative estimate of drug-likeness (QED) is 0.843. The number of nitrogens with zero attached hydrogens (tertiary/aromatic N) is 4. The lowest BCUT2D eigenvalue weighted by molar-refractivity contribution is -0.141. The van der Waals surface area contributed by atoms with Gasteiger partial charge < -0.3 is 4.90 Å². The van der Waals surface area contributed by atoms with E-state index in [0.717, 1.165) is 12.5 Å². The Morgan fingerprint density at radius 1 is 1.13 bits per heavy atom. The predicted molar refractivity (Wildman–Crippen MR) is 80.9 cm³/mol. The van der Waals surface area contributed by atoms with Crippen molar-refractivity contribution < 1.29 is 13.2 Å². The fraction of sp³-hybridized carbons (Fsp3) is 0.438. The molecule has 1 aliphatic rings. The molecule has 0 spiro atoms. The molecule has 23 heavy (non-hydrogen) atoms. The highest BCUT2D eigenvalue weighted by molar-refractivity contribution is 5.58. The molecule has 3 rings (SSSR count). The highest BCUT2D eigenvalue weighted by Gasteiger charge is 2.36. The Morgan fingerprint density at radius 3 is 2.39 bits per heavy atom. The molecule has 122 valence electrons. The number of pyridine rings is 1. The standard InChI is InChI=1S/C16H17F3N4/c1-10-5-8-23(11(10)2)14-9-13(16(17,18)19)21-15(22-14)12-3-6-20-7-4-12/h3-4,6-7,9-11H,5,8H2,1-2H3. The van der Waals surface area contributed by atoms with Crippen molar-refractivity contribution in [3.05, 3.63) is 36.3 Å². The molecule has 7 heteroatoms. The zero-order valence-electron chi connectivity index (χ0n) is 12.9. The van der Waals surface area contributed by atoms with Crippen LogP contribution in [0.4, 0.5) is 19.0 Å². The van der Waals surface area contributed by atoms with Crippen LogP contribution in [0.2, 0.25) is 0 Å². The first-order valence-corrected chi connectivity index (χ1v) is 7.49. The van der Waals surface area contributed by atoms with Gasteiger partial charge in [0.1, 0.15) is 5.82 Å². The molecular weight excluding hydrogens is 305 g/mol. The lowest BCUT2D eigenvalue weighted by Crippen LogP contribution is -2.30. The maximum atomic E-state index is 13.2. The molecule has 3 heterocycles. The van der Waals surface area contributed by atoms with E-state index in [2.05, 4.69) is 21.9 Å². The molecule has 0 aromatic carbocycles. The summed E-state index contributed by atoms with van der Waals surface area (Å²) in [5, 5.41) is 0. The SMILES string of the molecule is CC1CCN(c2cc(C(F)(F)F)nc(-c3ccncc3)n2)C1C. The molecule has 0 N–H and O–H groups in total. The second-order valence-electron chi connectivity index (χ2n) is 5.87. The predicted octanol–water partition coefficient (Wildman–Crippen LogP) is 3.79. The Morgan fingerprint density at radius 2 is 1.83 bits per heavy atom. The van der Waals surface area contributed by atoms with Gasteiger partial charge in [0.15, 0.2) is 11.5 Å². The summed E-state index contributed by atoms with van der Waals surface area (Å²) < 4.78 is 39.6.